The van der Waals surface area contributed by atoms with Crippen LogP contribution in [0.3, 0.4) is 0 Å². The van der Waals surface area contributed by atoms with Crippen molar-refractivity contribution in [2.45, 2.75) is 37.0 Å². The van der Waals surface area contributed by atoms with Crippen LogP contribution in [0.2, 0.25) is 0 Å². The lowest BCUT2D eigenvalue weighted by Gasteiger charge is -2.31. The number of nitrogens with zero attached hydrogens (tertiary/aromatic N) is 1. The van der Waals surface area contributed by atoms with Crippen molar-refractivity contribution in [2.75, 3.05) is 19.7 Å². The predicted molar refractivity (Wildman–Crippen MR) is 97.3 cm³/mol. The first kappa shape index (κ1) is 17.5. The van der Waals surface area contributed by atoms with Gasteiger partial charge in [-0.25, -0.2) is 8.42 Å². The number of sulfonamides is 1. The van der Waals surface area contributed by atoms with Gasteiger partial charge in [-0.2, -0.15) is 15.6 Å². The molecule has 1 fully saturated rings. The van der Waals surface area contributed by atoms with Gasteiger partial charge < -0.3 is 4.74 Å². The van der Waals surface area contributed by atoms with Crippen LogP contribution < -0.4 is 4.74 Å². The third-order valence-corrected chi connectivity index (χ3v) is 7.02. The van der Waals surface area contributed by atoms with Crippen molar-refractivity contribution in [1.29, 1.82) is 0 Å². The minimum absolute atomic E-state index is 0.348. The number of hydrogen-bond acceptors (Lipinski definition) is 4. The number of rotatable bonds is 6. The lowest BCUT2D eigenvalue weighted by Crippen LogP contribution is -2.37. The average Bonchev–Trinajstić information content (AvgIpc) is 3.15. The maximum absolute atomic E-state index is 12.8. The first-order valence-electron chi connectivity index (χ1n) is 8.36. The van der Waals surface area contributed by atoms with Gasteiger partial charge in [-0.3, -0.25) is 0 Å². The van der Waals surface area contributed by atoms with E-state index >= 15 is 0 Å². The highest BCUT2D eigenvalue weighted by molar-refractivity contribution is 7.89. The second-order valence-corrected chi connectivity index (χ2v) is 8.77. The maximum atomic E-state index is 12.8. The zero-order valence-corrected chi connectivity index (χ0v) is 15.5. The van der Waals surface area contributed by atoms with Gasteiger partial charge >= 0.3 is 0 Å². The van der Waals surface area contributed by atoms with Crippen LogP contribution in [-0.2, 0) is 10.0 Å². The van der Waals surface area contributed by atoms with E-state index in [4.69, 9.17) is 4.74 Å². The fourth-order valence-corrected chi connectivity index (χ4v) is 5.23. The molecule has 0 N–H and O–H groups in total. The summed E-state index contributed by atoms with van der Waals surface area (Å²) in [6.45, 7) is 3.84. The summed E-state index contributed by atoms with van der Waals surface area (Å²) in [6, 6.07) is 8.91. The Morgan fingerprint density at radius 2 is 1.88 bits per heavy atom. The molecule has 1 aliphatic rings. The van der Waals surface area contributed by atoms with E-state index in [2.05, 4.69) is 16.8 Å². The number of hydrogen-bond donors (Lipinski definition) is 0. The van der Waals surface area contributed by atoms with Crippen molar-refractivity contribution in [3.05, 3.63) is 46.7 Å². The van der Waals surface area contributed by atoms with Crippen molar-refractivity contribution >= 4 is 21.4 Å². The standard InChI is InChI=1S/C18H23NO3S2/c1-2-12-22-17-3-5-18(6-4-17)24(20,21)19-10-7-15(8-11-19)16-9-13-23-14-16/h3-6,9,13-15H,2,7-8,10-12H2,1H3. The zero-order valence-electron chi connectivity index (χ0n) is 13.8. The summed E-state index contributed by atoms with van der Waals surface area (Å²) < 4.78 is 32.7. The van der Waals surface area contributed by atoms with E-state index in [1.165, 1.54) is 5.56 Å². The van der Waals surface area contributed by atoms with Crippen LogP contribution in [0.15, 0.2) is 46.0 Å². The van der Waals surface area contributed by atoms with Gasteiger partial charge in [0.05, 0.1) is 11.5 Å². The van der Waals surface area contributed by atoms with E-state index < -0.39 is 10.0 Å². The SMILES string of the molecule is CCCOc1ccc(S(=O)(=O)N2CCC(c3ccsc3)CC2)cc1. The summed E-state index contributed by atoms with van der Waals surface area (Å²) in [4.78, 5) is 0.348. The number of benzene rings is 1. The van der Waals surface area contributed by atoms with Gasteiger partial charge in [0.1, 0.15) is 5.75 Å². The second-order valence-electron chi connectivity index (χ2n) is 6.05. The Bertz CT molecular complexity index is 731. The van der Waals surface area contributed by atoms with Crippen molar-refractivity contribution in [3.8, 4) is 5.75 Å². The van der Waals surface area contributed by atoms with Crippen LogP contribution >= 0.6 is 11.3 Å². The largest absolute Gasteiger partial charge is 0.494 e. The zero-order chi connectivity index (χ0) is 17.0. The molecule has 1 aliphatic heterocycles. The summed E-state index contributed by atoms with van der Waals surface area (Å²) in [5.74, 6) is 1.19. The number of ether oxygens (including phenoxy) is 1. The highest BCUT2D eigenvalue weighted by Crippen LogP contribution is 2.32. The third kappa shape index (κ3) is 3.82. The first-order chi connectivity index (χ1) is 11.6. The topological polar surface area (TPSA) is 46.6 Å². The van der Waals surface area contributed by atoms with Gasteiger partial charge in [0.15, 0.2) is 0 Å². The van der Waals surface area contributed by atoms with Crippen molar-refractivity contribution in [3.63, 3.8) is 0 Å². The molecule has 130 valence electrons. The predicted octanol–water partition coefficient (Wildman–Crippen LogP) is 4.11. The van der Waals surface area contributed by atoms with Crippen LogP contribution in [-0.4, -0.2) is 32.4 Å². The molecule has 0 unspecified atom stereocenters. The van der Waals surface area contributed by atoms with E-state index in [-0.39, 0.29) is 0 Å². The molecular weight excluding hydrogens is 342 g/mol. The van der Waals surface area contributed by atoms with Gasteiger partial charge in [0.2, 0.25) is 10.0 Å². The van der Waals surface area contributed by atoms with E-state index in [9.17, 15) is 8.42 Å². The molecule has 6 heteroatoms. The molecular formula is C18H23NO3S2. The molecule has 1 aromatic heterocycles. The highest BCUT2D eigenvalue weighted by Gasteiger charge is 2.30. The summed E-state index contributed by atoms with van der Waals surface area (Å²) in [6.07, 6.45) is 2.69. The molecule has 24 heavy (non-hydrogen) atoms. The van der Waals surface area contributed by atoms with Crippen molar-refractivity contribution in [2.24, 2.45) is 0 Å². The molecule has 0 amide bonds. The van der Waals surface area contributed by atoms with Gasteiger partial charge in [-0.15, -0.1) is 0 Å². The summed E-state index contributed by atoms with van der Waals surface area (Å²) in [5, 5.41) is 4.25. The van der Waals surface area contributed by atoms with Crippen LogP contribution in [0, 0.1) is 0 Å². The fraction of sp³-hybridized carbons (Fsp3) is 0.444. The average molecular weight is 366 g/mol. The van der Waals surface area contributed by atoms with Gasteiger partial charge in [-0.1, -0.05) is 6.92 Å². The van der Waals surface area contributed by atoms with Gasteiger partial charge in [0.25, 0.3) is 0 Å². The molecule has 1 aromatic carbocycles. The Labute approximate surface area is 148 Å². The molecule has 2 heterocycles. The minimum Gasteiger partial charge on any atom is -0.494 e. The van der Waals surface area contributed by atoms with Crippen LogP contribution in [0.4, 0.5) is 0 Å². The highest BCUT2D eigenvalue weighted by atomic mass is 32.2. The smallest absolute Gasteiger partial charge is 0.243 e. The van der Waals surface area contributed by atoms with E-state index in [1.54, 1.807) is 39.9 Å². The molecule has 1 saturated heterocycles. The summed E-state index contributed by atoms with van der Waals surface area (Å²) >= 11 is 1.70. The summed E-state index contributed by atoms with van der Waals surface area (Å²) in [5.41, 5.74) is 1.34. The molecule has 0 bridgehead atoms. The fourth-order valence-electron chi connectivity index (χ4n) is 3.01. The molecule has 2 aromatic rings. The molecule has 0 atom stereocenters. The number of piperidine rings is 1. The lowest BCUT2D eigenvalue weighted by molar-refractivity contribution is 0.316. The first-order valence-corrected chi connectivity index (χ1v) is 10.7. The third-order valence-electron chi connectivity index (χ3n) is 4.40. The van der Waals surface area contributed by atoms with Gasteiger partial charge in [0, 0.05) is 13.1 Å². The number of thiophene rings is 1. The molecule has 0 spiro atoms. The Balaban J connectivity index is 1.65. The summed E-state index contributed by atoms with van der Waals surface area (Å²) in [7, 11) is -3.41. The van der Waals surface area contributed by atoms with E-state index in [0.717, 1.165) is 19.3 Å². The Morgan fingerprint density at radius 3 is 2.46 bits per heavy atom. The maximum Gasteiger partial charge on any atom is 0.243 e. The monoisotopic (exact) mass is 365 g/mol. The van der Waals surface area contributed by atoms with Crippen LogP contribution in [0.5, 0.6) is 5.75 Å². The Morgan fingerprint density at radius 1 is 1.17 bits per heavy atom. The van der Waals surface area contributed by atoms with E-state index in [1.807, 2.05) is 6.92 Å². The van der Waals surface area contributed by atoms with Crippen molar-refractivity contribution < 1.29 is 13.2 Å². The second kappa shape index (κ2) is 7.68. The molecule has 0 radical (unpaired) electrons. The molecule has 0 aliphatic carbocycles. The Kier molecular flexibility index (Phi) is 5.58. The normalized spacial score (nSPS) is 17.0. The van der Waals surface area contributed by atoms with Crippen LogP contribution in [0.1, 0.15) is 37.7 Å². The van der Waals surface area contributed by atoms with E-state index in [0.29, 0.717) is 36.3 Å². The Hall–Kier alpha value is -1.37. The van der Waals surface area contributed by atoms with Crippen molar-refractivity contribution in [1.82, 2.24) is 4.31 Å². The van der Waals surface area contributed by atoms with Gasteiger partial charge in [-0.05, 0) is 71.8 Å². The minimum atomic E-state index is -3.41. The quantitative estimate of drug-likeness (QED) is 0.774. The molecule has 3 rings (SSSR count). The molecule has 0 saturated carbocycles. The lowest BCUT2D eigenvalue weighted by atomic mass is 9.92. The van der Waals surface area contributed by atoms with Crippen LogP contribution in [0.25, 0.3) is 0 Å². The molecule has 4 nitrogen and oxygen atoms in total.